The minimum absolute atomic E-state index is 0.933. The molecule has 2 heteroatoms. The van der Waals surface area contributed by atoms with E-state index in [1.165, 1.54) is 26.7 Å². The van der Waals surface area contributed by atoms with Crippen LogP contribution in [0.1, 0.15) is 0 Å². The average Bonchev–Trinajstić information content (AvgIpc) is 2.35. The fraction of sp³-hybridized carbons (Fsp3) is 0.0667. The number of hydrogen-bond donors (Lipinski definition) is 0. The summed E-state index contributed by atoms with van der Waals surface area (Å²) < 4.78 is 0. The zero-order valence-corrected chi connectivity index (χ0v) is 11.3. The molecule has 0 aromatic heterocycles. The van der Waals surface area contributed by atoms with Crippen molar-refractivity contribution in [1.82, 2.24) is 0 Å². The Labute approximate surface area is 107 Å². The molecular formula is C15H12ClSi. The Kier molecular flexibility index (Phi) is 2.65. The third kappa shape index (κ3) is 1.86. The fourth-order valence-corrected chi connectivity index (χ4v) is 3.68. The van der Waals surface area contributed by atoms with Crippen LogP contribution in [-0.2, 0) is 0 Å². The van der Waals surface area contributed by atoms with Crippen molar-refractivity contribution in [3.8, 4) is 0 Å². The van der Waals surface area contributed by atoms with Gasteiger partial charge in [-0.15, -0.1) is 0 Å². The lowest BCUT2D eigenvalue weighted by Gasteiger charge is -2.08. The summed E-state index contributed by atoms with van der Waals surface area (Å²) in [6, 6.07) is 19.4. The molecule has 83 valence electrons. The molecule has 0 spiro atoms. The number of fused-ring (bicyclic) bond motifs is 2. The van der Waals surface area contributed by atoms with Gasteiger partial charge in [-0.3, -0.25) is 0 Å². The van der Waals surface area contributed by atoms with Crippen LogP contribution < -0.4 is 5.19 Å². The second-order valence-corrected chi connectivity index (χ2v) is 7.57. The Bertz CT molecular complexity index is 689. The van der Waals surface area contributed by atoms with E-state index in [1.807, 2.05) is 0 Å². The number of hydrogen-bond acceptors (Lipinski definition) is 0. The fourth-order valence-electron chi connectivity index (χ4n) is 2.27. The van der Waals surface area contributed by atoms with Crippen LogP contribution in [0.2, 0.25) is 6.55 Å². The number of benzene rings is 3. The summed E-state index contributed by atoms with van der Waals surface area (Å²) in [6.45, 7) is 2.12. The van der Waals surface area contributed by atoms with Crippen LogP contribution in [0.15, 0.2) is 54.6 Å². The number of rotatable bonds is 1. The van der Waals surface area contributed by atoms with Crippen LogP contribution in [0.5, 0.6) is 0 Å². The molecule has 0 saturated heterocycles. The van der Waals surface area contributed by atoms with Gasteiger partial charge in [0.05, 0.1) is 0 Å². The van der Waals surface area contributed by atoms with E-state index in [1.54, 1.807) is 0 Å². The smallest absolute Gasteiger partial charge is 0.163 e. The summed E-state index contributed by atoms with van der Waals surface area (Å²) in [5, 5.41) is 6.47. The lowest BCUT2D eigenvalue weighted by molar-refractivity contribution is 1.78. The average molecular weight is 256 g/mol. The van der Waals surface area contributed by atoms with Crippen LogP contribution >= 0.6 is 11.1 Å². The highest BCUT2D eigenvalue weighted by atomic mass is 35.6. The van der Waals surface area contributed by atoms with E-state index in [0.29, 0.717) is 0 Å². The zero-order chi connectivity index (χ0) is 11.8. The summed E-state index contributed by atoms with van der Waals surface area (Å²) in [5.41, 5.74) is 0. The van der Waals surface area contributed by atoms with Crippen molar-refractivity contribution < 1.29 is 0 Å². The topological polar surface area (TPSA) is 0 Å². The van der Waals surface area contributed by atoms with Crippen LogP contribution in [0.3, 0.4) is 0 Å². The minimum Gasteiger partial charge on any atom is -0.163 e. The molecule has 3 rings (SSSR count). The van der Waals surface area contributed by atoms with E-state index in [9.17, 15) is 0 Å². The molecular weight excluding hydrogens is 244 g/mol. The zero-order valence-electron chi connectivity index (χ0n) is 9.57. The maximum absolute atomic E-state index is 6.34. The molecule has 0 aliphatic heterocycles. The summed E-state index contributed by atoms with van der Waals surface area (Å²) in [5.74, 6) is 0. The molecule has 0 heterocycles. The van der Waals surface area contributed by atoms with E-state index < -0.39 is 8.11 Å². The molecule has 1 radical (unpaired) electrons. The molecule has 0 saturated carbocycles. The second-order valence-electron chi connectivity index (χ2n) is 4.26. The van der Waals surface area contributed by atoms with Gasteiger partial charge >= 0.3 is 0 Å². The molecule has 0 aliphatic carbocycles. The first kappa shape index (κ1) is 10.8. The predicted octanol–water partition coefficient (Wildman–Crippen LogP) is 4.06. The Balaban J connectivity index is 2.43. The lowest BCUT2D eigenvalue weighted by atomic mass is 10.0. The van der Waals surface area contributed by atoms with Gasteiger partial charge in [-0.2, -0.15) is 11.1 Å². The first-order chi connectivity index (χ1) is 8.25. The van der Waals surface area contributed by atoms with Crippen molar-refractivity contribution in [1.29, 1.82) is 0 Å². The van der Waals surface area contributed by atoms with Gasteiger partial charge in [0, 0.05) is 0 Å². The monoisotopic (exact) mass is 255 g/mol. The van der Waals surface area contributed by atoms with E-state index in [-0.39, 0.29) is 0 Å². The SMILES string of the molecule is C[Si](Cl)c1cccc2cc3ccccc3cc12. The molecule has 0 N–H and O–H groups in total. The van der Waals surface area contributed by atoms with Crippen LogP contribution in [0.25, 0.3) is 21.5 Å². The van der Waals surface area contributed by atoms with E-state index in [0.717, 1.165) is 0 Å². The Morgan fingerprint density at radius 2 is 1.47 bits per heavy atom. The van der Waals surface area contributed by atoms with Gasteiger partial charge in [0.1, 0.15) is 0 Å². The first-order valence-corrected chi connectivity index (χ1v) is 8.68. The van der Waals surface area contributed by atoms with E-state index in [2.05, 4.69) is 61.1 Å². The quantitative estimate of drug-likeness (QED) is 0.350. The highest BCUT2D eigenvalue weighted by Gasteiger charge is 2.09. The van der Waals surface area contributed by atoms with Gasteiger partial charge in [0.25, 0.3) is 0 Å². The molecule has 0 atom stereocenters. The van der Waals surface area contributed by atoms with Crippen LogP contribution in [0, 0.1) is 0 Å². The second kappa shape index (κ2) is 4.17. The third-order valence-corrected chi connectivity index (χ3v) is 4.91. The summed E-state index contributed by atoms with van der Waals surface area (Å²) in [4.78, 5) is 0. The largest absolute Gasteiger partial charge is 0.197 e. The molecule has 17 heavy (non-hydrogen) atoms. The van der Waals surface area contributed by atoms with Crippen molar-refractivity contribution in [2.24, 2.45) is 0 Å². The Hall–Kier alpha value is -1.31. The van der Waals surface area contributed by atoms with Gasteiger partial charge < -0.3 is 0 Å². The van der Waals surface area contributed by atoms with Crippen molar-refractivity contribution in [2.75, 3.05) is 0 Å². The molecule has 0 fully saturated rings. The third-order valence-electron chi connectivity index (χ3n) is 3.12. The van der Waals surface area contributed by atoms with Crippen LogP contribution in [-0.4, -0.2) is 8.11 Å². The highest BCUT2D eigenvalue weighted by Crippen LogP contribution is 2.22. The van der Waals surface area contributed by atoms with Crippen molar-refractivity contribution >= 4 is 45.9 Å². The highest BCUT2D eigenvalue weighted by molar-refractivity contribution is 7.14. The minimum atomic E-state index is -0.933. The molecule has 3 aromatic rings. The van der Waals surface area contributed by atoms with Crippen LogP contribution in [0.4, 0.5) is 0 Å². The van der Waals surface area contributed by atoms with Crippen molar-refractivity contribution in [2.45, 2.75) is 6.55 Å². The molecule has 3 aromatic carbocycles. The summed E-state index contributed by atoms with van der Waals surface area (Å²) in [6.07, 6.45) is 0. The first-order valence-electron chi connectivity index (χ1n) is 5.67. The van der Waals surface area contributed by atoms with Gasteiger partial charge in [0.15, 0.2) is 8.11 Å². The Morgan fingerprint density at radius 1 is 0.824 bits per heavy atom. The standard InChI is InChI=1S/C15H12ClSi/c1-17(16)15-8-4-7-13-9-11-5-2-3-6-12(11)10-14(13)15/h2-10H,1H3. The predicted molar refractivity (Wildman–Crippen MR) is 78.6 cm³/mol. The maximum atomic E-state index is 6.34. The van der Waals surface area contributed by atoms with Crippen molar-refractivity contribution in [3.63, 3.8) is 0 Å². The van der Waals surface area contributed by atoms with Gasteiger partial charge in [-0.25, -0.2) is 0 Å². The molecule has 0 unspecified atom stereocenters. The van der Waals surface area contributed by atoms with Gasteiger partial charge in [-0.05, 0) is 38.9 Å². The maximum Gasteiger partial charge on any atom is 0.197 e. The summed E-state index contributed by atoms with van der Waals surface area (Å²) in [7, 11) is -0.933. The summed E-state index contributed by atoms with van der Waals surface area (Å²) >= 11 is 6.34. The van der Waals surface area contributed by atoms with Gasteiger partial charge in [0.2, 0.25) is 0 Å². The lowest BCUT2D eigenvalue weighted by Crippen LogP contribution is -2.20. The van der Waals surface area contributed by atoms with Gasteiger partial charge in [-0.1, -0.05) is 49.0 Å². The molecule has 0 amide bonds. The molecule has 0 nitrogen and oxygen atoms in total. The van der Waals surface area contributed by atoms with Crippen molar-refractivity contribution in [3.05, 3.63) is 54.6 Å². The van der Waals surface area contributed by atoms with E-state index >= 15 is 0 Å². The number of halogens is 1. The van der Waals surface area contributed by atoms with E-state index in [4.69, 9.17) is 11.1 Å². The normalized spacial score (nSPS) is 11.5. The molecule has 0 bridgehead atoms. The molecule has 0 aliphatic rings. The Morgan fingerprint density at radius 3 is 2.18 bits per heavy atom.